The largest absolute Gasteiger partial charge is 0.477 e. The number of carbonyl (C=O) groups is 4. The average Bonchev–Trinajstić information content (AvgIpc) is 0.748. The molecule has 5 saturated heterocycles. The van der Waals surface area contributed by atoms with E-state index in [2.05, 4.69) is 29.8 Å². The second kappa shape index (κ2) is 55.5. The van der Waals surface area contributed by atoms with Crippen LogP contribution in [0.3, 0.4) is 0 Å². The van der Waals surface area contributed by atoms with Gasteiger partial charge in [0.2, 0.25) is 17.7 Å². The van der Waals surface area contributed by atoms with E-state index in [1.807, 2.05) is 6.08 Å². The van der Waals surface area contributed by atoms with E-state index in [1.54, 1.807) is 0 Å². The lowest BCUT2D eigenvalue weighted by atomic mass is 9.88. The van der Waals surface area contributed by atoms with Crippen LogP contribution in [0, 0.1) is 0 Å². The van der Waals surface area contributed by atoms with Gasteiger partial charge in [-0.1, -0.05) is 219 Å². The van der Waals surface area contributed by atoms with Crippen molar-refractivity contribution in [2.24, 2.45) is 0 Å². The van der Waals surface area contributed by atoms with E-state index >= 15 is 0 Å². The molecule has 5 aliphatic rings. The van der Waals surface area contributed by atoms with Crippen molar-refractivity contribution in [1.29, 1.82) is 0 Å². The summed E-state index contributed by atoms with van der Waals surface area (Å²) in [6, 6.07) is -4.99. The molecule has 10 unspecified atom stereocenters. The van der Waals surface area contributed by atoms with E-state index in [1.165, 1.54) is 147 Å². The number of aliphatic hydroxyl groups excluding tert-OH is 17. The Morgan fingerprint density at radius 3 is 1.39 bits per heavy atom. The summed E-state index contributed by atoms with van der Waals surface area (Å²) in [6.07, 6.45) is -9.42. The van der Waals surface area contributed by atoms with Crippen molar-refractivity contribution in [3.63, 3.8) is 0 Å². The third-order valence-electron chi connectivity index (χ3n) is 22.2. The SMILES string of the molecule is CCCCCCCCCCCCC/C=C/[C@@H](O)[C@H](CO[C@@H]1OC(CO)[C@@H](O[C@@H]2OC(CO)[C@H](O[C@@H]3OC(CO)[C@H](O)[C@H](O[C@@H]4OC(CO)[C@H](O)[C@H](O)C4O)C3NC(C)=O)[C@H](O[C@]3(C(=O)O)CC(O)[C@@H](NC(=O)CO)C([C@H](O)[C@H](O)CO)O3)C2O)[C@H](O)C1O)NC(=O)CCCCCCCCCCCCCCCCCCCCCCC. The smallest absolute Gasteiger partial charge is 0.364 e. The number of ether oxygens (including phenoxy) is 10. The first-order valence-corrected chi connectivity index (χ1v) is 42.3. The molecule has 21 N–H and O–H groups in total. The molecule has 3 amide bonds. The molecule has 0 aromatic heterocycles. The summed E-state index contributed by atoms with van der Waals surface area (Å²) < 4.78 is 60.1. The van der Waals surface area contributed by atoms with Gasteiger partial charge in [-0.25, -0.2) is 4.79 Å². The predicted octanol–water partition coefficient (Wildman–Crippen LogP) is 0.271. The van der Waals surface area contributed by atoms with Crippen molar-refractivity contribution in [3.8, 4) is 0 Å². The summed E-state index contributed by atoms with van der Waals surface area (Å²) >= 11 is 0. The zero-order valence-corrected chi connectivity index (χ0v) is 67.2. The number of nitrogens with one attached hydrogen (secondary N) is 3. The summed E-state index contributed by atoms with van der Waals surface area (Å²) in [7, 11) is 0. The number of allylic oxidation sites excluding steroid dienone is 1. The summed E-state index contributed by atoms with van der Waals surface area (Å²) in [4.78, 5) is 53.3. The van der Waals surface area contributed by atoms with Crippen LogP contribution in [0.1, 0.15) is 245 Å². The molecule has 666 valence electrons. The van der Waals surface area contributed by atoms with Crippen LogP contribution >= 0.6 is 0 Å². The second-order valence-corrected chi connectivity index (χ2v) is 31.4. The first-order chi connectivity index (χ1) is 54.8. The highest BCUT2D eigenvalue weighted by molar-refractivity contribution is 5.78. The monoisotopic (exact) mass is 1650 g/mol. The van der Waals surface area contributed by atoms with Crippen LogP contribution in [0.5, 0.6) is 0 Å². The van der Waals surface area contributed by atoms with Crippen molar-refractivity contribution in [2.75, 3.05) is 46.2 Å². The molecule has 5 heterocycles. The van der Waals surface area contributed by atoms with E-state index in [0.717, 1.165) is 64.7 Å². The highest BCUT2D eigenvalue weighted by atomic mass is 16.8. The molecule has 0 spiro atoms. The van der Waals surface area contributed by atoms with Crippen LogP contribution in [-0.2, 0) is 66.5 Å². The van der Waals surface area contributed by atoms with E-state index in [9.17, 15) is 111 Å². The Morgan fingerprint density at radius 2 is 0.904 bits per heavy atom. The van der Waals surface area contributed by atoms with Gasteiger partial charge in [-0.3, -0.25) is 14.4 Å². The summed E-state index contributed by atoms with van der Waals surface area (Å²) in [6.45, 7) is -2.00. The van der Waals surface area contributed by atoms with Crippen molar-refractivity contribution in [2.45, 2.75) is 417 Å². The van der Waals surface area contributed by atoms with Gasteiger partial charge in [0, 0.05) is 19.8 Å². The number of carbonyl (C=O) groups excluding carboxylic acids is 3. The molecule has 114 heavy (non-hydrogen) atoms. The fourth-order valence-electron chi connectivity index (χ4n) is 15.4. The Kier molecular flexibility index (Phi) is 49.2. The quantitative estimate of drug-likeness (QED) is 0.0287. The molecular weight excluding hydrogens is 1500 g/mol. The zero-order valence-electron chi connectivity index (χ0n) is 67.2. The third-order valence-corrected chi connectivity index (χ3v) is 22.2. The van der Waals surface area contributed by atoms with Crippen LogP contribution in [0.2, 0.25) is 0 Å². The maximum atomic E-state index is 13.9. The zero-order chi connectivity index (χ0) is 83.7. The second-order valence-electron chi connectivity index (χ2n) is 31.4. The fraction of sp³-hybridized carbons (Fsp3) is 0.924. The highest BCUT2D eigenvalue weighted by Crippen LogP contribution is 2.41. The summed E-state index contributed by atoms with van der Waals surface area (Å²) in [5.41, 5.74) is 0. The van der Waals surface area contributed by atoms with Crippen LogP contribution in [0.15, 0.2) is 12.2 Å². The van der Waals surface area contributed by atoms with Gasteiger partial charge in [-0.05, 0) is 19.3 Å². The minimum absolute atomic E-state index is 0.128. The minimum atomic E-state index is -3.45. The van der Waals surface area contributed by atoms with Crippen molar-refractivity contribution >= 4 is 23.7 Å². The molecule has 5 rings (SSSR count). The van der Waals surface area contributed by atoms with Gasteiger partial charge >= 0.3 is 5.97 Å². The van der Waals surface area contributed by atoms with E-state index in [0.29, 0.717) is 12.8 Å². The molecule has 0 saturated carbocycles. The lowest BCUT2D eigenvalue weighted by Gasteiger charge is -2.52. The molecule has 0 aliphatic carbocycles. The molecule has 0 bridgehead atoms. The number of carboxylic acid groups (broad SMARTS) is 1. The van der Waals surface area contributed by atoms with Crippen LogP contribution in [-0.4, -0.2) is 333 Å². The molecule has 0 aromatic rings. The topological polar surface area (TPSA) is 561 Å². The Balaban J connectivity index is 1.35. The van der Waals surface area contributed by atoms with Crippen LogP contribution < -0.4 is 16.0 Å². The molecule has 0 radical (unpaired) electrons. The number of aliphatic carboxylic acids is 1. The van der Waals surface area contributed by atoms with Gasteiger partial charge in [0.15, 0.2) is 25.2 Å². The lowest BCUT2D eigenvalue weighted by Crippen LogP contribution is -2.72. The number of hydrogen-bond acceptors (Lipinski definition) is 31. The van der Waals surface area contributed by atoms with Gasteiger partial charge in [0.05, 0.1) is 63.9 Å². The van der Waals surface area contributed by atoms with Gasteiger partial charge in [0.25, 0.3) is 5.79 Å². The first-order valence-electron chi connectivity index (χ1n) is 42.3. The normalized spacial score (nSPS) is 33.2. The third kappa shape index (κ3) is 32.5. The Hall–Kier alpha value is -3.46. The standard InChI is InChI=1S/C79H143N3O32/c1-4-6-8-10-12-14-16-18-19-20-21-22-23-24-25-27-29-31-33-35-37-39-57(93)81-49(50(90)38-36-34-32-30-28-26-17-15-13-11-9-7-5-2)47-105-75-67(101)65(99)69(55(44-86)108-75)110-77-68(102)73(114-79(78(103)104)40-51(91)59(82-58(94)46-88)72(113-79)61(95)52(92)41-83)70(56(45-87)109-77)111-74-60(80-48(3)89)71(63(97)54(43-85)106-74)112-76-66(100)64(98)62(96)53(42-84)107-76/h36,38,49-56,59-77,83-88,90-92,95-102H,4-35,37,39-47H2,1-3H3,(H,80,89)(H,81,93)(H,82,94)(H,103,104)/b38-36+/t49-,50+,51?,52+,53?,54?,55?,56?,59+,60?,61+,62-,63-,64-,65+,66?,67?,68?,69+,70-,71+,72?,73+,74-,75+,76-,77-,79-/m0/s1. The number of aliphatic hydroxyl groups is 17. The molecule has 35 heteroatoms. The maximum absolute atomic E-state index is 13.9. The van der Waals surface area contributed by atoms with Crippen LogP contribution in [0.4, 0.5) is 0 Å². The van der Waals surface area contributed by atoms with Gasteiger partial charge < -0.3 is 155 Å². The van der Waals surface area contributed by atoms with Crippen LogP contribution in [0.25, 0.3) is 0 Å². The summed E-state index contributed by atoms with van der Waals surface area (Å²) in [5, 5.41) is 207. The highest BCUT2D eigenvalue weighted by Gasteiger charge is 2.62. The molecule has 5 aliphatic heterocycles. The number of hydrogen-bond donors (Lipinski definition) is 21. The van der Waals surface area contributed by atoms with Gasteiger partial charge in [-0.15, -0.1) is 0 Å². The molecule has 35 nitrogen and oxygen atoms in total. The van der Waals surface area contributed by atoms with E-state index in [4.69, 9.17) is 47.4 Å². The Morgan fingerprint density at radius 1 is 0.465 bits per heavy atom. The van der Waals surface area contributed by atoms with Gasteiger partial charge in [-0.2, -0.15) is 0 Å². The molecule has 0 aromatic carbocycles. The fourth-order valence-corrected chi connectivity index (χ4v) is 15.4. The maximum Gasteiger partial charge on any atom is 0.364 e. The number of amides is 3. The van der Waals surface area contributed by atoms with Gasteiger partial charge in [0.1, 0.15) is 123 Å². The average molecular weight is 1650 g/mol. The number of rotatable bonds is 59. The Bertz CT molecular complexity index is 2630. The first kappa shape index (κ1) is 101. The van der Waals surface area contributed by atoms with Crippen molar-refractivity contribution in [3.05, 3.63) is 12.2 Å². The molecule has 28 atom stereocenters. The Labute approximate surface area is 670 Å². The molecule has 5 fully saturated rings. The van der Waals surface area contributed by atoms with Crippen molar-refractivity contribution in [1.82, 2.24) is 16.0 Å². The number of unbranched alkanes of at least 4 members (excludes halogenated alkanes) is 31. The molecular formula is C79H143N3O32. The number of carboxylic acids is 1. The lowest BCUT2D eigenvalue weighted by molar-refractivity contribution is -0.403. The predicted molar refractivity (Wildman–Crippen MR) is 407 cm³/mol. The van der Waals surface area contributed by atoms with E-state index in [-0.39, 0.29) is 12.3 Å². The van der Waals surface area contributed by atoms with Crippen molar-refractivity contribution < 1.29 is 158 Å². The minimum Gasteiger partial charge on any atom is -0.477 e. The summed E-state index contributed by atoms with van der Waals surface area (Å²) in [5.74, 6) is -8.19. The van der Waals surface area contributed by atoms with E-state index < -0.39 is 242 Å².